The molecular weight excluding hydrogens is 394 g/mol. The molecule has 0 saturated carbocycles. The molecule has 126 valence electrons. The van der Waals surface area contributed by atoms with Crippen LogP contribution in [0.4, 0.5) is 11.4 Å². The van der Waals surface area contributed by atoms with Crippen molar-refractivity contribution < 1.29 is 9.59 Å². The number of rotatable bonds is 5. The van der Waals surface area contributed by atoms with E-state index in [2.05, 4.69) is 10.6 Å². The third-order valence-corrected chi connectivity index (χ3v) is 4.67. The first-order chi connectivity index (χ1) is 11.4. The summed E-state index contributed by atoms with van der Waals surface area (Å²) in [6, 6.07) is 9.80. The molecule has 0 fully saturated rings. The van der Waals surface area contributed by atoms with E-state index in [1.54, 1.807) is 36.4 Å². The molecule has 0 heterocycles. The first-order valence-electron chi connectivity index (χ1n) is 6.86. The lowest BCUT2D eigenvalue weighted by molar-refractivity contribution is -0.121. The maximum Gasteiger partial charge on any atom is 0.224 e. The summed E-state index contributed by atoms with van der Waals surface area (Å²) < 4.78 is 0. The van der Waals surface area contributed by atoms with Crippen molar-refractivity contribution in [2.75, 3.05) is 10.6 Å². The van der Waals surface area contributed by atoms with Gasteiger partial charge in [-0.1, -0.05) is 58.5 Å². The Morgan fingerprint density at radius 2 is 1.08 bits per heavy atom. The van der Waals surface area contributed by atoms with E-state index in [0.29, 0.717) is 21.4 Å². The molecule has 0 atom stereocenters. The Bertz CT molecular complexity index is 715. The van der Waals surface area contributed by atoms with E-state index in [0.717, 1.165) is 0 Å². The number of hydrogen-bond donors (Lipinski definition) is 2. The molecule has 0 aromatic heterocycles. The van der Waals surface area contributed by atoms with Crippen molar-refractivity contribution in [1.82, 2.24) is 0 Å². The van der Waals surface area contributed by atoms with E-state index in [1.165, 1.54) is 0 Å². The van der Waals surface area contributed by atoms with Crippen LogP contribution in [-0.4, -0.2) is 11.8 Å². The normalized spacial score (nSPS) is 10.3. The van der Waals surface area contributed by atoms with E-state index in [1.807, 2.05) is 0 Å². The predicted octanol–water partition coefficient (Wildman–Crippen LogP) is 5.66. The van der Waals surface area contributed by atoms with Gasteiger partial charge in [0.25, 0.3) is 0 Å². The summed E-state index contributed by atoms with van der Waals surface area (Å²) in [6.07, 6.45) is -0.0419. The molecule has 0 aliphatic heterocycles. The fourth-order valence-electron chi connectivity index (χ4n) is 1.85. The Kier molecular flexibility index (Phi) is 6.75. The third-order valence-electron chi connectivity index (χ3n) is 3.03. The number of amides is 2. The second kappa shape index (κ2) is 8.58. The first kappa shape index (κ1) is 18.9. The molecule has 8 heteroatoms. The van der Waals surface area contributed by atoms with Crippen molar-refractivity contribution in [3.63, 3.8) is 0 Å². The molecule has 2 rings (SSSR count). The highest BCUT2D eigenvalue weighted by Crippen LogP contribution is 2.30. The summed E-state index contributed by atoms with van der Waals surface area (Å²) in [4.78, 5) is 23.8. The highest BCUT2D eigenvalue weighted by atomic mass is 35.5. The van der Waals surface area contributed by atoms with Crippen molar-refractivity contribution in [2.45, 2.75) is 12.8 Å². The average molecular weight is 406 g/mol. The average Bonchev–Trinajstić information content (AvgIpc) is 2.54. The predicted molar refractivity (Wildman–Crippen MR) is 99.4 cm³/mol. The standard InChI is InChI=1S/C16H12Cl4N2O2/c17-9-3-1-5-11(15(9)19)21-13(23)7-8-14(24)22-12-6-2-4-10(18)16(12)20/h1-6H,7-8H2,(H,21,23)(H,22,24). The van der Waals surface area contributed by atoms with Crippen molar-refractivity contribution >= 4 is 69.6 Å². The molecule has 2 aromatic rings. The highest BCUT2D eigenvalue weighted by Gasteiger charge is 2.12. The fourth-order valence-corrected chi connectivity index (χ4v) is 2.55. The Morgan fingerprint density at radius 3 is 1.46 bits per heavy atom. The van der Waals surface area contributed by atoms with Crippen LogP contribution >= 0.6 is 46.4 Å². The molecule has 0 saturated heterocycles. The van der Waals surface area contributed by atoms with Gasteiger partial charge in [-0.2, -0.15) is 0 Å². The van der Waals surface area contributed by atoms with Crippen LogP contribution in [0.3, 0.4) is 0 Å². The summed E-state index contributed by atoms with van der Waals surface area (Å²) in [6.45, 7) is 0. The summed E-state index contributed by atoms with van der Waals surface area (Å²) in [5, 5.41) is 6.39. The van der Waals surface area contributed by atoms with Crippen LogP contribution in [0.2, 0.25) is 20.1 Å². The number of carbonyl (C=O) groups is 2. The summed E-state index contributed by atoms with van der Waals surface area (Å²) in [5.74, 6) is -0.710. The largest absolute Gasteiger partial charge is 0.325 e. The van der Waals surface area contributed by atoms with Crippen LogP contribution in [-0.2, 0) is 9.59 Å². The van der Waals surface area contributed by atoms with Gasteiger partial charge >= 0.3 is 0 Å². The lowest BCUT2D eigenvalue weighted by atomic mass is 10.2. The zero-order valence-electron chi connectivity index (χ0n) is 12.2. The molecule has 0 spiro atoms. The van der Waals surface area contributed by atoms with Crippen LogP contribution in [0, 0.1) is 0 Å². The minimum atomic E-state index is -0.355. The van der Waals surface area contributed by atoms with Gasteiger partial charge in [0.2, 0.25) is 11.8 Å². The van der Waals surface area contributed by atoms with Crippen molar-refractivity contribution in [3.8, 4) is 0 Å². The van der Waals surface area contributed by atoms with Crippen LogP contribution in [0.5, 0.6) is 0 Å². The Balaban J connectivity index is 1.88. The lowest BCUT2D eigenvalue weighted by Gasteiger charge is -2.09. The molecule has 0 aliphatic rings. The summed E-state index contributed by atoms with van der Waals surface area (Å²) in [7, 11) is 0. The molecule has 0 bridgehead atoms. The lowest BCUT2D eigenvalue weighted by Crippen LogP contribution is -2.17. The molecule has 0 unspecified atom stereocenters. The van der Waals surface area contributed by atoms with Gasteiger partial charge < -0.3 is 10.6 Å². The van der Waals surface area contributed by atoms with E-state index in [-0.39, 0.29) is 34.7 Å². The number of nitrogens with one attached hydrogen (secondary N) is 2. The van der Waals surface area contributed by atoms with Crippen LogP contribution < -0.4 is 10.6 Å². The number of benzene rings is 2. The summed E-state index contributed by atoms with van der Waals surface area (Å²) >= 11 is 23.7. The van der Waals surface area contributed by atoms with Crippen molar-refractivity contribution in [1.29, 1.82) is 0 Å². The zero-order valence-corrected chi connectivity index (χ0v) is 15.2. The minimum Gasteiger partial charge on any atom is -0.325 e. The van der Waals surface area contributed by atoms with Gasteiger partial charge in [-0.3, -0.25) is 9.59 Å². The Morgan fingerprint density at radius 1 is 0.708 bits per heavy atom. The van der Waals surface area contributed by atoms with Gasteiger partial charge in [-0.05, 0) is 24.3 Å². The van der Waals surface area contributed by atoms with Crippen LogP contribution in [0.15, 0.2) is 36.4 Å². The molecular formula is C16H12Cl4N2O2. The second-order valence-corrected chi connectivity index (χ2v) is 6.37. The van der Waals surface area contributed by atoms with Gasteiger partial charge in [0.15, 0.2) is 0 Å². The quantitative estimate of drug-likeness (QED) is 0.674. The molecule has 0 radical (unpaired) electrons. The molecule has 2 amide bonds. The van der Waals surface area contributed by atoms with E-state index < -0.39 is 0 Å². The third kappa shape index (κ3) is 5.02. The van der Waals surface area contributed by atoms with E-state index in [4.69, 9.17) is 46.4 Å². The molecule has 4 nitrogen and oxygen atoms in total. The zero-order chi connectivity index (χ0) is 17.7. The number of anilines is 2. The van der Waals surface area contributed by atoms with Crippen molar-refractivity contribution in [2.24, 2.45) is 0 Å². The molecule has 24 heavy (non-hydrogen) atoms. The molecule has 2 N–H and O–H groups in total. The second-order valence-electron chi connectivity index (χ2n) is 4.80. The SMILES string of the molecule is O=C(CCC(=O)Nc1cccc(Cl)c1Cl)Nc1cccc(Cl)c1Cl. The summed E-state index contributed by atoms with van der Waals surface area (Å²) in [5.41, 5.74) is 0.792. The molecule has 0 aliphatic carbocycles. The topological polar surface area (TPSA) is 58.2 Å². The van der Waals surface area contributed by atoms with Crippen molar-refractivity contribution in [3.05, 3.63) is 56.5 Å². The Labute approximate surface area is 159 Å². The fraction of sp³-hybridized carbons (Fsp3) is 0.125. The number of hydrogen-bond acceptors (Lipinski definition) is 2. The van der Waals surface area contributed by atoms with Gasteiger partial charge in [0.1, 0.15) is 0 Å². The minimum absolute atomic E-state index is 0.0210. The smallest absolute Gasteiger partial charge is 0.224 e. The van der Waals surface area contributed by atoms with Gasteiger partial charge in [0.05, 0.1) is 31.5 Å². The van der Waals surface area contributed by atoms with Gasteiger partial charge in [-0.15, -0.1) is 0 Å². The maximum absolute atomic E-state index is 11.9. The monoisotopic (exact) mass is 404 g/mol. The number of carbonyl (C=O) groups excluding carboxylic acids is 2. The number of halogens is 4. The van der Waals surface area contributed by atoms with Crippen LogP contribution in [0.1, 0.15) is 12.8 Å². The van der Waals surface area contributed by atoms with Gasteiger partial charge in [0, 0.05) is 12.8 Å². The van der Waals surface area contributed by atoms with E-state index in [9.17, 15) is 9.59 Å². The van der Waals surface area contributed by atoms with E-state index >= 15 is 0 Å². The highest BCUT2D eigenvalue weighted by molar-refractivity contribution is 6.44. The first-order valence-corrected chi connectivity index (χ1v) is 8.37. The molecule has 2 aromatic carbocycles. The Hall–Kier alpha value is -1.46. The van der Waals surface area contributed by atoms with Gasteiger partial charge in [-0.25, -0.2) is 0 Å². The van der Waals surface area contributed by atoms with Crippen LogP contribution in [0.25, 0.3) is 0 Å². The maximum atomic E-state index is 11.9.